The summed E-state index contributed by atoms with van der Waals surface area (Å²) in [5.74, 6) is 1.08. The lowest BCUT2D eigenvalue weighted by Gasteiger charge is -2.33. The van der Waals surface area contributed by atoms with Crippen molar-refractivity contribution >= 4 is 6.09 Å². The Morgan fingerprint density at radius 2 is 1.92 bits per heavy atom. The summed E-state index contributed by atoms with van der Waals surface area (Å²) < 4.78 is 20.7. The maximum Gasteiger partial charge on any atom is 0.410 e. The molecule has 10 heteroatoms. The zero-order valence-electron chi connectivity index (χ0n) is 23.1. The molecule has 5 heterocycles. The predicted octanol–water partition coefficient (Wildman–Crippen LogP) is 4.21. The van der Waals surface area contributed by atoms with E-state index in [1.54, 1.807) is 7.11 Å². The Morgan fingerprint density at radius 3 is 2.63 bits per heavy atom. The largest absolute Gasteiger partial charge is 0.481 e. The molecule has 0 aromatic carbocycles. The second-order valence-corrected chi connectivity index (χ2v) is 11.2. The number of aromatic nitrogens is 5. The number of piperidine rings is 1. The van der Waals surface area contributed by atoms with Gasteiger partial charge in [0.1, 0.15) is 11.3 Å². The van der Waals surface area contributed by atoms with E-state index in [1.807, 2.05) is 54.4 Å². The molecule has 2 aliphatic rings. The first-order valence-corrected chi connectivity index (χ1v) is 13.4. The highest BCUT2D eigenvalue weighted by molar-refractivity contribution is 5.68. The number of carbonyl (C=O) groups excluding carboxylic acids is 1. The number of rotatable bonds is 5. The number of nitrogens with zero attached hydrogens (tertiary/aromatic N) is 6. The molecule has 204 valence electrons. The number of methoxy groups -OCH3 is 1. The van der Waals surface area contributed by atoms with E-state index in [9.17, 15) is 4.79 Å². The fraction of sp³-hybridized carbons (Fsp3) is 0.571. The van der Waals surface area contributed by atoms with Gasteiger partial charge in [-0.2, -0.15) is 10.2 Å². The molecule has 0 radical (unpaired) electrons. The highest BCUT2D eigenvalue weighted by Crippen LogP contribution is 2.31. The number of aryl methyl sites for hydroxylation is 1. The van der Waals surface area contributed by atoms with Crippen LogP contribution >= 0.6 is 0 Å². The lowest BCUT2D eigenvalue weighted by molar-refractivity contribution is 0.0177. The van der Waals surface area contributed by atoms with Crippen LogP contribution in [0.2, 0.25) is 0 Å². The van der Waals surface area contributed by atoms with Crippen molar-refractivity contribution < 1.29 is 19.0 Å². The minimum Gasteiger partial charge on any atom is -0.481 e. The fourth-order valence-corrected chi connectivity index (χ4v) is 5.25. The monoisotopic (exact) mass is 522 g/mol. The fourth-order valence-electron chi connectivity index (χ4n) is 5.25. The first kappa shape index (κ1) is 26.2. The first-order valence-electron chi connectivity index (χ1n) is 13.4. The van der Waals surface area contributed by atoms with Crippen molar-refractivity contribution in [1.82, 2.24) is 29.4 Å². The highest BCUT2D eigenvalue weighted by Gasteiger charge is 2.28. The summed E-state index contributed by atoms with van der Waals surface area (Å²) in [5, 5.41) is 9.73. The van der Waals surface area contributed by atoms with E-state index in [2.05, 4.69) is 22.3 Å². The van der Waals surface area contributed by atoms with Crippen molar-refractivity contribution in [2.24, 2.45) is 5.92 Å². The van der Waals surface area contributed by atoms with Gasteiger partial charge in [-0.25, -0.2) is 14.5 Å². The Labute approximate surface area is 223 Å². The van der Waals surface area contributed by atoms with Gasteiger partial charge in [0, 0.05) is 48.9 Å². The molecule has 0 saturated carbocycles. The molecule has 10 nitrogen and oxygen atoms in total. The van der Waals surface area contributed by atoms with Crippen molar-refractivity contribution in [2.75, 3.05) is 33.4 Å². The Bertz CT molecular complexity index is 1280. The van der Waals surface area contributed by atoms with Crippen LogP contribution in [0.5, 0.6) is 5.88 Å². The van der Waals surface area contributed by atoms with Gasteiger partial charge in [0.05, 0.1) is 44.1 Å². The summed E-state index contributed by atoms with van der Waals surface area (Å²) in [6.45, 7) is 11.3. The van der Waals surface area contributed by atoms with E-state index in [4.69, 9.17) is 19.3 Å². The Balaban J connectivity index is 1.32. The predicted molar refractivity (Wildman–Crippen MR) is 143 cm³/mol. The minimum atomic E-state index is -0.473. The summed E-state index contributed by atoms with van der Waals surface area (Å²) in [7, 11) is 1.63. The van der Waals surface area contributed by atoms with Gasteiger partial charge in [0.2, 0.25) is 5.88 Å². The third-order valence-electron chi connectivity index (χ3n) is 7.14. The van der Waals surface area contributed by atoms with E-state index in [-0.39, 0.29) is 6.09 Å². The molecule has 5 rings (SSSR count). The molecule has 3 aromatic heterocycles. The summed E-state index contributed by atoms with van der Waals surface area (Å²) in [6, 6.07) is 2.08. The molecule has 2 aliphatic heterocycles. The van der Waals surface area contributed by atoms with Crippen LogP contribution in [0.25, 0.3) is 16.9 Å². The van der Waals surface area contributed by atoms with Crippen molar-refractivity contribution in [3.05, 3.63) is 41.5 Å². The molecule has 3 aromatic rings. The van der Waals surface area contributed by atoms with Gasteiger partial charge in [-0.3, -0.25) is 4.68 Å². The molecular weight excluding hydrogens is 484 g/mol. The van der Waals surface area contributed by atoms with Gasteiger partial charge in [0.25, 0.3) is 0 Å². The number of pyridine rings is 1. The van der Waals surface area contributed by atoms with Crippen molar-refractivity contribution in [3.8, 4) is 22.8 Å². The normalized spacial score (nSPS) is 16.7. The van der Waals surface area contributed by atoms with E-state index >= 15 is 0 Å². The van der Waals surface area contributed by atoms with E-state index in [1.165, 1.54) is 5.56 Å². The number of amides is 1. The first-order chi connectivity index (χ1) is 18.2. The summed E-state index contributed by atoms with van der Waals surface area (Å²) in [6.07, 6.45) is 9.01. The average Bonchev–Trinajstić information content (AvgIpc) is 3.40. The second-order valence-electron chi connectivity index (χ2n) is 11.2. The summed E-state index contributed by atoms with van der Waals surface area (Å²) in [4.78, 5) is 18.7. The zero-order valence-corrected chi connectivity index (χ0v) is 23.1. The molecule has 0 unspecified atom stereocenters. The van der Waals surface area contributed by atoms with Crippen LogP contribution in [-0.2, 0) is 28.9 Å². The lowest BCUT2D eigenvalue weighted by Crippen LogP contribution is -2.42. The van der Waals surface area contributed by atoms with Gasteiger partial charge in [-0.1, -0.05) is 0 Å². The topological polar surface area (TPSA) is 96.5 Å². The third-order valence-corrected chi connectivity index (χ3v) is 7.14. The number of ether oxygens (including phenoxy) is 3. The van der Waals surface area contributed by atoms with Crippen LogP contribution in [0.15, 0.2) is 24.7 Å². The SMILES string of the molecule is COc1ncc(-c2nn(-c3cnn(CC4CCN(C(=O)OC(C)(C)C)CC4)c3)c3c2CCOCC3)cc1C. The standard InChI is InChI=1S/C28H38N6O4/c1-19-14-21(15-29-26(19)36-5)25-23-8-12-37-13-9-24(23)34(31-25)22-16-30-33(18-22)17-20-6-10-32(11-7-20)27(35)38-28(2,3)4/h14-16,18,20H,6-13,17H2,1-5H3. The third kappa shape index (κ3) is 5.70. The molecule has 1 saturated heterocycles. The Hall–Kier alpha value is -3.40. The van der Waals surface area contributed by atoms with Crippen molar-refractivity contribution in [3.63, 3.8) is 0 Å². The van der Waals surface area contributed by atoms with Gasteiger partial charge in [0.15, 0.2) is 0 Å². The minimum absolute atomic E-state index is 0.223. The number of hydrogen-bond donors (Lipinski definition) is 0. The van der Waals surface area contributed by atoms with E-state index < -0.39 is 5.60 Å². The van der Waals surface area contributed by atoms with Gasteiger partial charge >= 0.3 is 6.09 Å². The molecule has 1 fully saturated rings. The van der Waals surface area contributed by atoms with Crippen LogP contribution in [0.3, 0.4) is 0 Å². The van der Waals surface area contributed by atoms with Gasteiger partial charge in [-0.05, 0) is 58.9 Å². The van der Waals surface area contributed by atoms with Gasteiger partial charge < -0.3 is 19.1 Å². The summed E-state index contributed by atoms with van der Waals surface area (Å²) in [5.41, 5.74) is 5.73. The second kappa shape index (κ2) is 10.8. The number of hydrogen-bond acceptors (Lipinski definition) is 7. The maximum atomic E-state index is 12.4. The molecule has 0 bridgehead atoms. The lowest BCUT2D eigenvalue weighted by atomic mass is 9.97. The number of likely N-dealkylation sites (tertiary alicyclic amines) is 1. The molecule has 0 aliphatic carbocycles. The van der Waals surface area contributed by atoms with Crippen LogP contribution in [0.1, 0.15) is 50.4 Å². The van der Waals surface area contributed by atoms with Crippen molar-refractivity contribution in [2.45, 2.75) is 65.5 Å². The van der Waals surface area contributed by atoms with Crippen LogP contribution in [0.4, 0.5) is 4.79 Å². The van der Waals surface area contributed by atoms with Crippen molar-refractivity contribution in [1.29, 1.82) is 0 Å². The summed E-state index contributed by atoms with van der Waals surface area (Å²) >= 11 is 0. The molecule has 0 atom stereocenters. The average molecular weight is 523 g/mol. The number of carbonyl (C=O) groups is 1. The van der Waals surface area contributed by atoms with E-state index in [0.29, 0.717) is 38.1 Å². The zero-order chi connectivity index (χ0) is 26.9. The smallest absolute Gasteiger partial charge is 0.410 e. The van der Waals surface area contributed by atoms with Crippen LogP contribution in [0, 0.1) is 12.8 Å². The molecular formula is C28H38N6O4. The number of fused-ring (bicyclic) bond motifs is 1. The molecule has 1 amide bonds. The Morgan fingerprint density at radius 1 is 1.16 bits per heavy atom. The van der Waals surface area contributed by atoms with Crippen LogP contribution in [-0.4, -0.2) is 74.6 Å². The quantitative estimate of drug-likeness (QED) is 0.495. The van der Waals surface area contributed by atoms with Gasteiger partial charge in [-0.15, -0.1) is 0 Å². The molecule has 38 heavy (non-hydrogen) atoms. The molecule has 0 N–H and O–H groups in total. The highest BCUT2D eigenvalue weighted by atomic mass is 16.6. The molecule has 0 spiro atoms. The van der Waals surface area contributed by atoms with E-state index in [0.717, 1.165) is 60.4 Å². The maximum absolute atomic E-state index is 12.4. The Kier molecular flexibility index (Phi) is 7.43. The van der Waals surface area contributed by atoms with Crippen LogP contribution < -0.4 is 4.74 Å².